The summed E-state index contributed by atoms with van der Waals surface area (Å²) in [5.41, 5.74) is 3.35. The first-order chi connectivity index (χ1) is 10.3. The van der Waals surface area contributed by atoms with Crippen molar-refractivity contribution in [2.24, 2.45) is 0 Å². The maximum Gasteiger partial charge on any atom is 0.228 e. The van der Waals surface area contributed by atoms with E-state index in [1.165, 1.54) is 24.8 Å². The van der Waals surface area contributed by atoms with Crippen LogP contribution in [0.2, 0.25) is 0 Å². The van der Waals surface area contributed by atoms with Gasteiger partial charge in [-0.3, -0.25) is 4.79 Å². The summed E-state index contributed by atoms with van der Waals surface area (Å²) >= 11 is 0. The number of anilines is 1. The van der Waals surface area contributed by atoms with Crippen molar-refractivity contribution in [3.05, 3.63) is 29.3 Å². The molecule has 21 heavy (non-hydrogen) atoms. The second kappa shape index (κ2) is 6.58. The molecule has 0 aliphatic carbocycles. The molecule has 4 heteroatoms. The smallest absolute Gasteiger partial charge is 0.228 e. The van der Waals surface area contributed by atoms with Gasteiger partial charge in [-0.1, -0.05) is 12.1 Å². The van der Waals surface area contributed by atoms with E-state index in [1.54, 1.807) is 0 Å². The number of hydrogen-bond donors (Lipinski definition) is 2. The van der Waals surface area contributed by atoms with Gasteiger partial charge in [0.15, 0.2) is 0 Å². The van der Waals surface area contributed by atoms with Crippen molar-refractivity contribution in [1.29, 1.82) is 0 Å². The van der Waals surface area contributed by atoms with Crippen LogP contribution in [0, 0.1) is 0 Å². The van der Waals surface area contributed by atoms with Crippen molar-refractivity contribution in [3.63, 3.8) is 0 Å². The highest BCUT2D eigenvalue weighted by Crippen LogP contribution is 2.29. The highest BCUT2D eigenvalue weighted by Gasteiger charge is 2.21. The molecule has 2 aliphatic rings. The van der Waals surface area contributed by atoms with Crippen LogP contribution in [0.3, 0.4) is 0 Å². The molecule has 0 aromatic heterocycles. The summed E-state index contributed by atoms with van der Waals surface area (Å²) in [5, 5.41) is 6.29. The molecule has 2 aliphatic heterocycles. The molecule has 1 aromatic carbocycles. The summed E-state index contributed by atoms with van der Waals surface area (Å²) in [7, 11) is 2.00. The van der Waals surface area contributed by atoms with Crippen molar-refractivity contribution < 1.29 is 9.53 Å². The Bertz CT molecular complexity index is 510. The lowest BCUT2D eigenvalue weighted by atomic mass is 9.96. The van der Waals surface area contributed by atoms with Crippen LogP contribution in [-0.4, -0.2) is 25.7 Å². The molecular weight excluding hydrogens is 264 g/mol. The van der Waals surface area contributed by atoms with E-state index in [4.69, 9.17) is 4.74 Å². The van der Waals surface area contributed by atoms with Gasteiger partial charge in [0.1, 0.15) is 0 Å². The number of nitrogens with one attached hydrogen (secondary N) is 2. The van der Waals surface area contributed by atoms with Gasteiger partial charge in [-0.05, 0) is 56.3 Å². The molecule has 1 aromatic rings. The van der Waals surface area contributed by atoms with Crippen LogP contribution in [-0.2, 0) is 16.0 Å². The third kappa shape index (κ3) is 3.44. The first-order valence-electron chi connectivity index (χ1n) is 7.98. The van der Waals surface area contributed by atoms with E-state index in [-0.39, 0.29) is 5.91 Å². The van der Waals surface area contributed by atoms with E-state index in [0.29, 0.717) is 18.6 Å². The van der Waals surface area contributed by atoms with Gasteiger partial charge >= 0.3 is 0 Å². The zero-order valence-electron chi connectivity index (χ0n) is 12.7. The van der Waals surface area contributed by atoms with E-state index in [1.807, 2.05) is 13.1 Å². The van der Waals surface area contributed by atoms with Gasteiger partial charge in [-0.15, -0.1) is 0 Å². The fraction of sp³-hybridized carbons (Fsp3) is 0.588. The minimum atomic E-state index is 0.0961. The number of benzene rings is 1. The van der Waals surface area contributed by atoms with E-state index in [2.05, 4.69) is 22.8 Å². The minimum absolute atomic E-state index is 0.0961. The van der Waals surface area contributed by atoms with Crippen LogP contribution < -0.4 is 10.6 Å². The number of ether oxygens (including phenoxy) is 1. The fourth-order valence-electron chi connectivity index (χ4n) is 3.33. The maximum atomic E-state index is 11.4. The summed E-state index contributed by atoms with van der Waals surface area (Å²) in [6.45, 7) is 0.918. The molecule has 1 saturated heterocycles. The predicted octanol–water partition coefficient (Wildman–Crippen LogP) is 2.79. The Balaban J connectivity index is 1.63. The van der Waals surface area contributed by atoms with E-state index >= 15 is 0 Å². The quantitative estimate of drug-likeness (QED) is 0.876. The topological polar surface area (TPSA) is 50.4 Å². The standard InChI is InChI=1S/C17H24N2O2/c1-18-15(8-6-14-4-2-3-9-21-14)12-5-7-16-13(10-12)11-17(20)19-16/h5,7,10,14-15,18H,2-4,6,8-9,11H2,1H3,(H,19,20). The molecule has 0 saturated carbocycles. The van der Waals surface area contributed by atoms with Gasteiger partial charge in [0.2, 0.25) is 5.91 Å². The van der Waals surface area contributed by atoms with E-state index in [0.717, 1.165) is 30.7 Å². The third-order valence-corrected chi connectivity index (χ3v) is 4.56. The Hall–Kier alpha value is -1.39. The average molecular weight is 288 g/mol. The molecule has 114 valence electrons. The number of hydrogen-bond acceptors (Lipinski definition) is 3. The lowest BCUT2D eigenvalue weighted by Gasteiger charge is -2.25. The molecule has 1 fully saturated rings. The van der Waals surface area contributed by atoms with Gasteiger partial charge < -0.3 is 15.4 Å². The zero-order valence-corrected chi connectivity index (χ0v) is 12.7. The first kappa shape index (κ1) is 14.5. The first-order valence-corrected chi connectivity index (χ1v) is 7.98. The average Bonchev–Trinajstić information content (AvgIpc) is 2.88. The summed E-state index contributed by atoms with van der Waals surface area (Å²) in [6, 6.07) is 6.64. The zero-order chi connectivity index (χ0) is 14.7. The summed E-state index contributed by atoms with van der Waals surface area (Å²) in [5.74, 6) is 0.0961. The number of carbonyl (C=O) groups is 1. The van der Waals surface area contributed by atoms with Gasteiger partial charge in [0.05, 0.1) is 12.5 Å². The van der Waals surface area contributed by atoms with Gasteiger partial charge in [-0.2, -0.15) is 0 Å². The van der Waals surface area contributed by atoms with Crippen LogP contribution in [0.25, 0.3) is 0 Å². The minimum Gasteiger partial charge on any atom is -0.378 e. The lowest BCUT2D eigenvalue weighted by Crippen LogP contribution is -2.23. The summed E-state index contributed by atoms with van der Waals surface area (Å²) < 4.78 is 5.81. The van der Waals surface area contributed by atoms with Crippen LogP contribution in [0.15, 0.2) is 18.2 Å². The van der Waals surface area contributed by atoms with Crippen LogP contribution in [0.4, 0.5) is 5.69 Å². The third-order valence-electron chi connectivity index (χ3n) is 4.56. The fourth-order valence-corrected chi connectivity index (χ4v) is 3.33. The number of amides is 1. The Morgan fingerprint density at radius 3 is 3.10 bits per heavy atom. The number of rotatable bonds is 5. The highest BCUT2D eigenvalue weighted by molar-refractivity contribution is 5.99. The molecule has 2 heterocycles. The van der Waals surface area contributed by atoms with Crippen molar-refractivity contribution in [2.75, 3.05) is 19.0 Å². The number of carbonyl (C=O) groups excluding carboxylic acids is 1. The largest absolute Gasteiger partial charge is 0.378 e. The van der Waals surface area contributed by atoms with E-state index in [9.17, 15) is 4.79 Å². The normalized spacial score (nSPS) is 22.7. The van der Waals surface area contributed by atoms with Gasteiger partial charge in [0.25, 0.3) is 0 Å². The summed E-state index contributed by atoms with van der Waals surface area (Å²) in [4.78, 5) is 11.4. The predicted molar refractivity (Wildman–Crippen MR) is 83.4 cm³/mol. The van der Waals surface area contributed by atoms with Crippen LogP contribution in [0.1, 0.15) is 49.3 Å². The molecule has 0 spiro atoms. The Labute approximate surface area is 126 Å². The van der Waals surface area contributed by atoms with Crippen LogP contribution in [0.5, 0.6) is 0 Å². The van der Waals surface area contributed by atoms with Crippen molar-refractivity contribution in [2.45, 2.75) is 50.7 Å². The molecule has 2 atom stereocenters. The molecule has 0 bridgehead atoms. The Morgan fingerprint density at radius 1 is 1.43 bits per heavy atom. The summed E-state index contributed by atoms with van der Waals surface area (Å²) in [6.07, 6.45) is 6.79. The molecular formula is C17H24N2O2. The SMILES string of the molecule is CNC(CCC1CCCCO1)c1ccc2c(c1)CC(=O)N2. The Morgan fingerprint density at radius 2 is 2.33 bits per heavy atom. The molecule has 1 amide bonds. The maximum absolute atomic E-state index is 11.4. The van der Waals surface area contributed by atoms with Gasteiger partial charge in [0, 0.05) is 18.3 Å². The van der Waals surface area contributed by atoms with E-state index < -0.39 is 0 Å². The molecule has 2 N–H and O–H groups in total. The molecule has 0 radical (unpaired) electrons. The second-order valence-electron chi connectivity index (χ2n) is 6.05. The molecule has 4 nitrogen and oxygen atoms in total. The lowest BCUT2D eigenvalue weighted by molar-refractivity contribution is -0.115. The Kier molecular flexibility index (Phi) is 4.56. The number of fused-ring (bicyclic) bond motifs is 1. The van der Waals surface area contributed by atoms with Gasteiger partial charge in [-0.25, -0.2) is 0 Å². The van der Waals surface area contributed by atoms with Crippen LogP contribution >= 0.6 is 0 Å². The second-order valence-corrected chi connectivity index (χ2v) is 6.05. The molecule has 2 unspecified atom stereocenters. The van der Waals surface area contributed by atoms with Crippen molar-refractivity contribution in [1.82, 2.24) is 5.32 Å². The monoisotopic (exact) mass is 288 g/mol. The van der Waals surface area contributed by atoms with Crippen molar-refractivity contribution in [3.8, 4) is 0 Å². The highest BCUT2D eigenvalue weighted by atomic mass is 16.5. The van der Waals surface area contributed by atoms with Crippen molar-refractivity contribution >= 4 is 11.6 Å². The molecule has 3 rings (SSSR count).